The highest BCUT2D eigenvalue weighted by Crippen LogP contribution is 2.36. The van der Waals surface area contributed by atoms with Crippen molar-refractivity contribution >= 4 is 10.0 Å². The second kappa shape index (κ2) is 8.08. The van der Waals surface area contributed by atoms with Crippen molar-refractivity contribution in [2.45, 2.75) is 30.3 Å². The highest BCUT2D eigenvalue weighted by molar-refractivity contribution is 7.89. The largest absolute Gasteiger partial charge is 0.497 e. The Hall–Kier alpha value is -2.91. The summed E-state index contributed by atoms with van der Waals surface area (Å²) in [5, 5.41) is 4.42. The Morgan fingerprint density at radius 1 is 1.13 bits per heavy atom. The van der Waals surface area contributed by atoms with Gasteiger partial charge in [0.2, 0.25) is 10.0 Å². The third kappa shape index (κ3) is 3.66. The van der Waals surface area contributed by atoms with Crippen LogP contribution in [-0.4, -0.2) is 40.7 Å². The van der Waals surface area contributed by atoms with E-state index in [2.05, 4.69) is 5.10 Å². The van der Waals surface area contributed by atoms with Crippen LogP contribution in [0.1, 0.15) is 30.3 Å². The van der Waals surface area contributed by atoms with Gasteiger partial charge in [-0.2, -0.15) is 9.40 Å². The fraction of sp³-hybridized carbons (Fsp3) is 0.333. The molecule has 30 heavy (non-hydrogen) atoms. The Labute approximate surface area is 175 Å². The van der Waals surface area contributed by atoms with Gasteiger partial charge in [-0.1, -0.05) is 36.4 Å². The van der Waals surface area contributed by atoms with Crippen LogP contribution in [0, 0.1) is 0 Å². The molecule has 0 amide bonds. The molecule has 0 saturated carbocycles. The van der Waals surface area contributed by atoms with E-state index < -0.39 is 16.1 Å². The third-order valence-corrected chi connectivity index (χ3v) is 7.27. The molecule has 1 aromatic heterocycles. The lowest BCUT2D eigenvalue weighted by atomic mass is 10.2. The highest BCUT2D eigenvalue weighted by atomic mass is 32.2. The lowest BCUT2D eigenvalue weighted by Crippen LogP contribution is -2.33. The zero-order chi connectivity index (χ0) is 21.3. The molecule has 1 saturated heterocycles. The summed E-state index contributed by atoms with van der Waals surface area (Å²) < 4.78 is 36.3. The number of hydrogen-bond acceptors (Lipinski definition) is 5. The number of hydrogen-bond donors (Lipinski definition) is 0. The SMILES string of the molecule is COc1cccc(S(=O)(=O)N2CCCC2c2nn(C)c(=O)n2Cc2ccccc2)c1. The normalized spacial score (nSPS) is 17.3. The molecule has 2 heterocycles. The van der Waals surface area contributed by atoms with Crippen molar-refractivity contribution in [3.8, 4) is 5.75 Å². The van der Waals surface area contributed by atoms with Crippen LogP contribution in [0.4, 0.5) is 0 Å². The molecule has 0 bridgehead atoms. The van der Waals surface area contributed by atoms with Crippen molar-refractivity contribution in [3.05, 3.63) is 76.5 Å². The molecule has 0 aliphatic carbocycles. The van der Waals surface area contributed by atoms with Crippen LogP contribution in [0.5, 0.6) is 5.75 Å². The van der Waals surface area contributed by atoms with E-state index in [1.807, 2.05) is 30.3 Å². The summed E-state index contributed by atoms with van der Waals surface area (Å²) in [7, 11) is -0.686. The Bertz CT molecular complexity index is 1200. The van der Waals surface area contributed by atoms with Gasteiger partial charge < -0.3 is 4.74 Å². The molecule has 158 valence electrons. The zero-order valence-corrected chi connectivity index (χ0v) is 17.7. The van der Waals surface area contributed by atoms with Crippen molar-refractivity contribution in [2.75, 3.05) is 13.7 Å². The quantitative estimate of drug-likeness (QED) is 0.601. The van der Waals surface area contributed by atoms with Gasteiger partial charge in [-0.05, 0) is 30.5 Å². The fourth-order valence-corrected chi connectivity index (χ4v) is 5.56. The van der Waals surface area contributed by atoms with Crippen LogP contribution in [0.2, 0.25) is 0 Å². The molecular weight excluding hydrogens is 404 g/mol. The number of sulfonamides is 1. The Kier molecular flexibility index (Phi) is 5.48. The lowest BCUT2D eigenvalue weighted by Gasteiger charge is -2.24. The van der Waals surface area contributed by atoms with E-state index in [0.717, 1.165) is 5.56 Å². The van der Waals surface area contributed by atoms with Crippen molar-refractivity contribution in [1.82, 2.24) is 18.7 Å². The predicted molar refractivity (Wildman–Crippen MR) is 112 cm³/mol. The number of rotatable bonds is 6. The zero-order valence-electron chi connectivity index (χ0n) is 16.9. The Morgan fingerprint density at radius 2 is 1.90 bits per heavy atom. The van der Waals surface area contributed by atoms with E-state index in [4.69, 9.17) is 4.74 Å². The Balaban J connectivity index is 1.74. The van der Waals surface area contributed by atoms with Gasteiger partial charge in [0.25, 0.3) is 0 Å². The summed E-state index contributed by atoms with van der Waals surface area (Å²) in [6.07, 6.45) is 1.30. The number of benzene rings is 2. The molecular formula is C21H24N4O4S. The van der Waals surface area contributed by atoms with E-state index in [1.54, 1.807) is 29.8 Å². The number of nitrogens with zero attached hydrogens (tertiary/aromatic N) is 4. The van der Waals surface area contributed by atoms with Gasteiger partial charge in [0.1, 0.15) is 5.75 Å². The molecule has 8 nitrogen and oxygen atoms in total. The maximum Gasteiger partial charge on any atom is 0.346 e. The third-order valence-electron chi connectivity index (χ3n) is 5.37. The van der Waals surface area contributed by atoms with Crippen LogP contribution in [-0.2, 0) is 23.6 Å². The first-order valence-electron chi connectivity index (χ1n) is 9.75. The minimum atomic E-state index is -3.77. The smallest absolute Gasteiger partial charge is 0.346 e. The van der Waals surface area contributed by atoms with E-state index in [0.29, 0.717) is 37.5 Å². The second-order valence-corrected chi connectivity index (χ2v) is 9.18. The topological polar surface area (TPSA) is 86.4 Å². The van der Waals surface area contributed by atoms with Crippen molar-refractivity contribution in [3.63, 3.8) is 0 Å². The van der Waals surface area contributed by atoms with Gasteiger partial charge in [-0.3, -0.25) is 4.57 Å². The molecule has 9 heteroatoms. The van der Waals surface area contributed by atoms with Gasteiger partial charge in [0.05, 0.1) is 24.6 Å². The molecule has 2 aromatic carbocycles. The fourth-order valence-electron chi connectivity index (χ4n) is 3.87. The molecule has 1 atom stereocenters. The number of aromatic nitrogens is 3. The lowest BCUT2D eigenvalue weighted by molar-refractivity contribution is 0.372. The van der Waals surface area contributed by atoms with E-state index in [9.17, 15) is 13.2 Å². The monoisotopic (exact) mass is 428 g/mol. The average molecular weight is 429 g/mol. The van der Waals surface area contributed by atoms with E-state index >= 15 is 0 Å². The number of aryl methyl sites for hydroxylation is 1. The summed E-state index contributed by atoms with van der Waals surface area (Å²) in [5.41, 5.74) is 0.688. The second-order valence-electron chi connectivity index (χ2n) is 7.29. The average Bonchev–Trinajstić information content (AvgIpc) is 3.36. The van der Waals surface area contributed by atoms with Crippen LogP contribution < -0.4 is 10.4 Å². The first kappa shape index (κ1) is 20.4. The Morgan fingerprint density at radius 3 is 2.63 bits per heavy atom. The highest BCUT2D eigenvalue weighted by Gasteiger charge is 2.39. The molecule has 1 aliphatic rings. The van der Waals surface area contributed by atoms with E-state index in [-0.39, 0.29) is 10.6 Å². The summed E-state index contributed by atoms with van der Waals surface area (Å²) in [4.78, 5) is 12.9. The summed E-state index contributed by atoms with van der Waals surface area (Å²) in [5.74, 6) is 0.945. The predicted octanol–water partition coefficient (Wildman–Crippen LogP) is 2.16. The minimum Gasteiger partial charge on any atom is -0.497 e. The standard InChI is InChI=1S/C21H24N4O4S/c1-23-21(26)24(15-16-8-4-3-5-9-16)20(22-23)19-12-7-13-25(19)30(27,28)18-11-6-10-17(14-18)29-2/h3-6,8-11,14,19H,7,12-13,15H2,1-2H3. The van der Waals surface area contributed by atoms with Crippen LogP contribution in [0.15, 0.2) is 64.3 Å². The summed E-state index contributed by atoms with van der Waals surface area (Å²) in [6.45, 7) is 0.715. The van der Waals surface area contributed by atoms with Crippen molar-refractivity contribution < 1.29 is 13.2 Å². The molecule has 0 N–H and O–H groups in total. The molecule has 1 unspecified atom stereocenters. The van der Waals surface area contributed by atoms with E-state index in [1.165, 1.54) is 22.2 Å². The van der Waals surface area contributed by atoms with Gasteiger partial charge in [0, 0.05) is 19.7 Å². The van der Waals surface area contributed by atoms with Crippen LogP contribution in [0.3, 0.4) is 0 Å². The molecule has 4 rings (SSSR count). The molecule has 0 radical (unpaired) electrons. The van der Waals surface area contributed by atoms with Crippen LogP contribution >= 0.6 is 0 Å². The number of ether oxygens (including phenoxy) is 1. The molecule has 0 spiro atoms. The molecule has 3 aromatic rings. The van der Waals surface area contributed by atoms with Crippen LogP contribution in [0.25, 0.3) is 0 Å². The maximum absolute atomic E-state index is 13.4. The molecule has 1 aliphatic heterocycles. The summed E-state index contributed by atoms with van der Waals surface area (Å²) >= 11 is 0. The van der Waals surface area contributed by atoms with Crippen molar-refractivity contribution in [2.24, 2.45) is 7.05 Å². The summed E-state index contributed by atoms with van der Waals surface area (Å²) in [6, 6.07) is 15.5. The van der Waals surface area contributed by atoms with Gasteiger partial charge in [-0.25, -0.2) is 17.9 Å². The first-order valence-corrected chi connectivity index (χ1v) is 11.2. The minimum absolute atomic E-state index is 0.168. The maximum atomic E-state index is 13.4. The van der Waals surface area contributed by atoms with Gasteiger partial charge >= 0.3 is 5.69 Å². The van der Waals surface area contributed by atoms with Gasteiger partial charge in [0.15, 0.2) is 5.82 Å². The molecule has 1 fully saturated rings. The van der Waals surface area contributed by atoms with Gasteiger partial charge in [-0.15, -0.1) is 0 Å². The first-order chi connectivity index (χ1) is 14.4. The van der Waals surface area contributed by atoms with Crippen molar-refractivity contribution in [1.29, 1.82) is 0 Å². The number of methoxy groups -OCH3 is 1.